The summed E-state index contributed by atoms with van der Waals surface area (Å²) >= 11 is 5.14. The average Bonchev–Trinajstić information content (AvgIpc) is 3.12. The lowest BCUT2D eigenvalue weighted by Gasteiger charge is -2.11. The first kappa shape index (κ1) is 20.5. The van der Waals surface area contributed by atoms with Crippen molar-refractivity contribution >= 4 is 40.0 Å². The van der Waals surface area contributed by atoms with Gasteiger partial charge in [0.15, 0.2) is 10.7 Å². The van der Waals surface area contributed by atoms with Crippen LogP contribution in [0.4, 0.5) is 10.1 Å². The molecule has 4 aromatic rings. The second-order valence-corrected chi connectivity index (χ2v) is 7.51. The largest absolute Gasteiger partial charge is 0.507 e. The summed E-state index contributed by atoms with van der Waals surface area (Å²) in [5.41, 5.74) is 4.44. The average molecular weight is 435 g/mol. The van der Waals surface area contributed by atoms with E-state index < -0.39 is 11.7 Å². The van der Waals surface area contributed by atoms with E-state index in [4.69, 9.17) is 16.6 Å². The molecule has 4 rings (SSSR count). The fraction of sp³-hybridized carbons (Fsp3) is 0.0870. The molecule has 0 aliphatic rings. The Morgan fingerprint density at radius 2 is 1.94 bits per heavy atom. The minimum Gasteiger partial charge on any atom is -0.507 e. The molecule has 0 fully saturated rings. The molecule has 1 heterocycles. The molecule has 3 aromatic carbocycles. The standard InChI is InChI=1S/C23H18FN3O3S/c1-12-8-13(2)20-18(9-12)26-22(30-20)17-7-6-16(11-19(17)28)25-23(31)27-21(29)14-4-3-5-15(24)10-14/h3-11,28H,1-2H3,(H2,25,27,29,31). The number of thiocarbonyl (C=S) groups is 1. The van der Waals surface area contributed by atoms with Gasteiger partial charge in [-0.3, -0.25) is 10.1 Å². The monoisotopic (exact) mass is 435 g/mol. The number of aromatic nitrogens is 1. The molecule has 6 nitrogen and oxygen atoms in total. The van der Waals surface area contributed by atoms with Gasteiger partial charge < -0.3 is 14.8 Å². The first-order valence-corrected chi connectivity index (χ1v) is 9.80. The Kier molecular flexibility index (Phi) is 5.39. The fourth-order valence-electron chi connectivity index (χ4n) is 3.25. The van der Waals surface area contributed by atoms with E-state index in [0.717, 1.165) is 22.7 Å². The van der Waals surface area contributed by atoms with Crippen LogP contribution in [0.3, 0.4) is 0 Å². The zero-order chi connectivity index (χ0) is 22.1. The normalized spacial score (nSPS) is 10.8. The van der Waals surface area contributed by atoms with Crippen LogP contribution in [0.25, 0.3) is 22.6 Å². The van der Waals surface area contributed by atoms with Crippen LogP contribution in [-0.4, -0.2) is 21.1 Å². The second kappa shape index (κ2) is 8.16. The number of fused-ring (bicyclic) bond motifs is 1. The van der Waals surface area contributed by atoms with E-state index in [0.29, 0.717) is 22.7 Å². The van der Waals surface area contributed by atoms with Crippen molar-refractivity contribution in [3.05, 3.63) is 77.1 Å². The molecule has 0 aliphatic carbocycles. The summed E-state index contributed by atoms with van der Waals surface area (Å²) in [5.74, 6) is -0.827. The van der Waals surface area contributed by atoms with Gasteiger partial charge in [0.1, 0.15) is 17.1 Å². The number of carbonyl (C=O) groups excluding carboxylic acids is 1. The Bertz CT molecular complexity index is 1330. The molecule has 1 amide bonds. The van der Waals surface area contributed by atoms with Gasteiger partial charge in [0.2, 0.25) is 5.89 Å². The van der Waals surface area contributed by atoms with Crippen LogP contribution in [0.5, 0.6) is 5.75 Å². The highest BCUT2D eigenvalue weighted by atomic mass is 32.1. The number of anilines is 1. The van der Waals surface area contributed by atoms with Crippen molar-refractivity contribution in [3.8, 4) is 17.2 Å². The van der Waals surface area contributed by atoms with E-state index in [9.17, 15) is 14.3 Å². The predicted octanol–water partition coefficient (Wildman–Crippen LogP) is 5.08. The van der Waals surface area contributed by atoms with Crippen LogP contribution in [0, 0.1) is 19.7 Å². The zero-order valence-electron chi connectivity index (χ0n) is 16.7. The van der Waals surface area contributed by atoms with Gasteiger partial charge in [0.05, 0.1) is 5.56 Å². The van der Waals surface area contributed by atoms with Crippen molar-refractivity contribution in [1.82, 2.24) is 10.3 Å². The van der Waals surface area contributed by atoms with E-state index in [1.807, 2.05) is 26.0 Å². The lowest BCUT2D eigenvalue weighted by molar-refractivity contribution is 0.0977. The SMILES string of the molecule is Cc1cc(C)c2oc(-c3ccc(NC(=S)NC(=O)c4cccc(F)c4)cc3O)nc2c1. The van der Waals surface area contributed by atoms with Crippen LogP contribution in [0.15, 0.2) is 59.0 Å². The van der Waals surface area contributed by atoms with E-state index in [1.54, 1.807) is 12.1 Å². The molecule has 0 saturated heterocycles. The second-order valence-electron chi connectivity index (χ2n) is 7.10. The summed E-state index contributed by atoms with van der Waals surface area (Å²) < 4.78 is 19.1. The first-order valence-electron chi connectivity index (χ1n) is 9.39. The molecule has 0 spiro atoms. The minimum absolute atomic E-state index is 0.00868. The van der Waals surface area contributed by atoms with Crippen LogP contribution in [-0.2, 0) is 0 Å². The van der Waals surface area contributed by atoms with Crippen molar-refractivity contribution in [2.75, 3.05) is 5.32 Å². The van der Waals surface area contributed by atoms with E-state index >= 15 is 0 Å². The van der Waals surface area contributed by atoms with Crippen molar-refractivity contribution in [2.24, 2.45) is 0 Å². The first-order chi connectivity index (χ1) is 14.8. The number of aryl methyl sites for hydroxylation is 2. The Morgan fingerprint density at radius 3 is 2.68 bits per heavy atom. The van der Waals surface area contributed by atoms with Gasteiger partial charge in [0, 0.05) is 17.3 Å². The lowest BCUT2D eigenvalue weighted by atomic mass is 10.1. The number of carbonyl (C=O) groups is 1. The number of halogens is 1. The molecule has 3 N–H and O–H groups in total. The Hall–Kier alpha value is -3.78. The Labute approximate surface area is 182 Å². The zero-order valence-corrected chi connectivity index (χ0v) is 17.5. The van der Waals surface area contributed by atoms with Crippen molar-refractivity contribution in [2.45, 2.75) is 13.8 Å². The molecule has 156 valence electrons. The van der Waals surface area contributed by atoms with Crippen LogP contribution in [0.1, 0.15) is 21.5 Å². The number of nitrogens with zero attached hydrogens (tertiary/aromatic N) is 1. The summed E-state index contributed by atoms with van der Waals surface area (Å²) in [4.78, 5) is 16.6. The number of hydrogen-bond acceptors (Lipinski definition) is 5. The number of benzene rings is 3. The summed E-state index contributed by atoms with van der Waals surface area (Å²) in [6.45, 7) is 3.92. The van der Waals surface area contributed by atoms with Gasteiger partial charge in [0.25, 0.3) is 5.91 Å². The number of aromatic hydroxyl groups is 1. The summed E-state index contributed by atoms with van der Waals surface area (Å²) in [6.07, 6.45) is 0. The number of nitrogens with one attached hydrogen (secondary N) is 2. The van der Waals surface area contributed by atoms with Crippen molar-refractivity contribution < 1.29 is 18.7 Å². The van der Waals surface area contributed by atoms with Gasteiger partial charge in [-0.15, -0.1) is 0 Å². The minimum atomic E-state index is -0.546. The molecule has 0 aliphatic heterocycles. The topological polar surface area (TPSA) is 87.4 Å². The van der Waals surface area contributed by atoms with Gasteiger partial charge in [-0.2, -0.15) is 0 Å². The van der Waals surface area contributed by atoms with Gasteiger partial charge in [-0.25, -0.2) is 9.37 Å². The van der Waals surface area contributed by atoms with Gasteiger partial charge in [-0.05, 0) is 73.6 Å². The number of rotatable bonds is 3. The third-order valence-electron chi connectivity index (χ3n) is 4.62. The maximum absolute atomic E-state index is 13.3. The Morgan fingerprint density at radius 1 is 1.13 bits per heavy atom. The maximum Gasteiger partial charge on any atom is 0.257 e. The third kappa shape index (κ3) is 4.39. The lowest BCUT2D eigenvalue weighted by Crippen LogP contribution is -2.34. The van der Waals surface area contributed by atoms with Crippen molar-refractivity contribution in [1.29, 1.82) is 0 Å². The molecule has 8 heteroatoms. The van der Waals surface area contributed by atoms with Crippen LogP contribution in [0.2, 0.25) is 0 Å². The number of hydrogen-bond donors (Lipinski definition) is 3. The number of phenolic OH excluding ortho intramolecular Hbond substituents is 1. The number of phenols is 1. The number of oxazole rings is 1. The van der Waals surface area contributed by atoms with E-state index in [-0.39, 0.29) is 16.4 Å². The number of amides is 1. The highest BCUT2D eigenvalue weighted by molar-refractivity contribution is 7.80. The van der Waals surface area contributed by atoms with E-state index in [1.165, 1.54) is 24.3 Å². The molecule has 0 unspecified atom stereocenters. The quantitative estimate of drug-likeness (QED) is 0.389. The molecule has 31 heavy (non-hydrogen) atoms. The summed E-state index contributed by atoms with van der Waals surface area (Å²) in [7, 11) is 0. The molecule has 0 saturated carbocycles. The summed E-state index contributed by atoms with van der Waals surface area (Å²) in [6, 6.07) is 14.0. The predicted molar refractivity (Wildman–Crippen MR) is 121 cm³/mol. The Balaban J connectivity index is 1.50. The molecule has 0 atom stereocenters. The van der Waals surface area contributed by atoms with Crippen molar-refractivity contribution in [3.63, 3.8) is 0 Å². The van der Waals surface area contributed by atoms with E-state index in [2.05, 4.69) is 15.6 Å². The van der Waals surface area contributed by atoms with Gasteiger partial charge in [-0.1, -0.05) is 12.1 Å². The summed E-state index contributed by atoms with van der Waals surface area (Å²) in [5, 5.41) is 15.8. The van der Waals surface area contributed by atoms with Crippen LogP contribution < -0.4 is 10.6 Å². The molecular formula is C23H18FN3O3S. The smallest absolute Gasteiger partial charge is 0.257 e. The van der Waals surface area contributed by atoms with Crippen LogP contribution >= 0.6 is 12.2 Å². The molecule has 0 radical (unpaired) electrons. The van der Waals surface area contributed by atoms with Gasteiger partial charge >= 0.3 is 0 Å². The molecular weight excluding hydrogens is 417 g/mol. The highest BCUT2D eigenvalue weighted by Crippen LogP contribution is 2.34. The molecule has 1 aromatic heterocycles. The third-order valence-corrected chi connectivity index (χ3v) is 4.82. The highest BCUT2D eigenvalue weighted by Gasteiger charge is 2.15. The fourth-order valence-corrected chi connectivity index (χ4v) is 3.46. The molecule has 0 bridgehead atoms. The maximum atomic E-state index is 13.3.